The summed E-state index contributed by atoms with van der Waals surface area (Å²) in [6.07, 6.45) is 2.58. The number of aryl methyl sites for hydroxylation is 3. The van der Waals surface area contributed by atoms with Crippen molar-refractivity contribution in [2.75, 3.05) is 13.2 Å². The first-order valence-electron chi connectivity index (χ1n) is 6.62. The molecule has 2 nitrogen and oxygen atoms in total. The lowest BCUT2D eigenvalue weighted by Crippen LogP contribution is -2.30. The van der Waals surface area contributed by atoms with Crippen molar-refractivity contribution in [1.29, 1.82) is 5.26 Å². The second-order valence-corrected chi connectivity index (χ2v) is 5.56. The Balaban J connectivity index is 2.30. The fourth-order valence-corrected chi connectivity index (χ4v) is 2.92. The monoisotopic (exact) mass is 243 g/mol. The molecule has 96 valence electrons. The van der Waals surface area contributed by atoms with Crippen molar-refractivity contribution >= 4 is 0 Å². The molecule has 1 aliphatic heterocycles. The Morgan fingerprint density at radius 1 is 1.17 bits per heavy atom. The molecule has 2 heteroatoms. The van der Waals surface area contributed by atoms with E-state index in [1.807, 2.05) is 0 Å². The molecule has 1 aromatic rings. The van der Waals surface area contributed by atoms with E-state index >= 15 is 0 Å². The largest absolute Gasteiger partial charge is 0.381 e. The van der Waals surface area contributed by atoms with Crippen molar-refractivity contribution in [3.63, 3.8) is 0 Å². The average Bonchev–Trinajstić information content (AvgIpc) is 2.35. The number of nitrogens with zero attached hydrogens (tertiary/aromatic N) is 1. The quantitative estimate of drug-likeness (QED) is 0.796. The van der Waals surface area contributed by atoms with Crippen LogP contribution in [0.25, 0.3) is 0 Å². The molecule has 1 saturated heterocycles. The lowest BCUT2D eigenvalue weighted by Gasteiger charge is -2.31. The smallest absolute Gasteiger partial charge is 0.0695 e. The first kappa shape index (κ1) is 13.1. The summed E-state index contributed by atoms with van der Waals surface area (Å²) >= 11 is 0. The molecule has 0 N–H and O–H groups in total. The molecule has 0 spiro atoms. The molecule has 0 amide bonds. The van der Waals surface area contributed by atoms with Gasteiger partial charge in [-0.2, -0.15) is 5.26 Å². The van der Waals surface area contributed by atoms with Gasteiger partial charge in [0.25, 0.3) is 0 Å². The molecule has 2 rings (SSSR count). The van der Waals surface area contributed by atoms with Crippen LogP contribution in [0, 0.1) is 37.5 Å². The van der Waals surface area contributed by atoms with Crippen molar-refractivity contribution in [2.45, 2.75) is 40.0 Å². The summed E-state index contributed by atoms with van der Waals surface area (Å²) < 4.78 is 5.39. The standard InChI is InChI=1S/C16H21NO/c1-12-8-13(2)15(14(3)9-12)10-16(11-17)4-6-18-7-5-16/h8-9H,4-7,10H2,1-3H3. The van der Waals surface area contributed by atoms with Gasteiger partial charge in [-0.1, -0.05) is 17.7 Å². The Morgan fingerprint density at radius 3 is 2.22 bits per heavy atom. The van der Waals surface area contributed by atoms with Gasteiger partial charge < -0.3 is 4.74 Å². The third-order valence-corrected chi connectivity index (χ3v) is 4.04. The molecule has 0 aliphatic carbocycles. The Kier molecular flexibility index (Phi) is 3.73. The molecule has 0 aromatic heterocycles. The summed E-state index contributed by atoms with van der Waals surface area (Å²) in [5, 5.41) is 9.53. The van der Waals surface area contributed by atoms with Gasteiger partial charge in [0.1, 0.15) is 0 Å². The molecule has 0 atom stereocenters. The molecule has 0 radical (unpaired) electrons. The van der Waals surface area contributed by atoms with E-state index in [2.05, 4.69) is 39.0 Å². The van der Waals surface area contributed by atoms with Crippen LogP contribution in [0.2, 0.25) is 0 Å². The van der Waals surface area contributed by atoms with E-state index < -0.39 is 0 Å². The number of ether oxygens (including phenoxy) is 1. The molecule has 0 saturated carbocycles. The number of hydrogen-bond acceptors (Lipinski definition) is 2. The van der Waals surface area contributed by atoms with Crippen LogP contribution in [0.3, 0.4) is 0 Å². The minimum atomic E-state index is -0.219. The highest BCUT2D eigenvalue weighted by Gasteiger charge is 2.33. The number of nitriles is 1. The Morgan fingerprint density at radius 2 is 1.72 bits per heavy atom. The van der Waals surface area contributed by atoms with Gasteiger partial charge in [-0.15, -0.1) is 0 Å². The van der Waals surface area contributed by atoms with Crippen LogP contribution in [0.5, 0.6) is 0 Å². The first-order valence-corrected chi connectivity index (χ1v) is 6.62. The summed E-state index contributed by atoms with van der Waals surface area (Å²) in [6, 6.07) is 6.98. The fourth-order valence-electron chi connectivity index (χ4n) is 2.92. The number of benzene rings is 1. The Labute approximate surface area is 110 Å². The molecular formula is C16H21NO. The maximum absolute atomic E-state index is 9.53. The van der Waals surface area contributed by atoms with Gasteiger partial charge in [0.05, 0.1) is 11.5 Å². The van der Waals surface area contributed by atoms with Crippen molar-refractivity contribution in [1.82, 2.24) is 0 Å². The van der Waals surface area contributed by atoms with Gasteiger partial charge in [0.2, 0.25) is 0 Å². The minimum Gasteiger partial charge on any atom is -0.381 e. The molecule has 1 heterocycles. The van der Waals surface area contributed by atoms with Crippen LogP contribution >= 0.6 is 0 Å². The summed E-state index contributed by atoms with van der Waals surface area (Å²) in [5.74, 6) is 0. The van der Waals surface area contributed by atoms with Crippen molar-refractivity contribution in [3.05, 3.63) is 34.4 Å². The highest BCUT2D eigenvalue weighted by molar-refractivity contribution is 5.39. The summed E-state index contributed by atoms with van der Waals surface area (Å²) in [4.78, 5) is 0. The van der Waals surface area contributed by atoms with Crippen molar-refractivity contribution in [2.24, 2.45) is 5.41 Å². The van der Waals surface area contributed by atoms with E-state index in [-0.39, 0.29) is 5.41 Å². The van der Waals surface area contributed by atoms with Crippen LogP contribution in [-0.2, 0) is 11.2 Å². The van der Waals surface area contributed by atoms with E-state index in [0.717, 1.165) is 32.5 Å². The molecule has 0 unspecified atom stereocenters. The molecule has 1 fully saturated rings. The van der Waals surface area contributed by atoms with E-state index in [4.69, 9.17) is 4.74 Å². The lowest BCUT2D eigenvalue weighted by molar-refractivity contribution is 0.0405. The van der Waals surface area contributed by atoms with E-state index in [1.54, 1.807) is 0 Å². The van der Waals surface area contributed by atoms with Crippen molar-refractivity contribution < 1.29 is 4.74 Å². The van der Waals surface area contributed by atoms with Crippen molar-refractivity contribution in [3.8, 4) is 6.07 Å². The molecule has 1 aliphatic rings. The first-order chi connectivity index (χ1) is 8.56. The van der Waals surface area contributed by atoms with E-state index in [9.17, 15) is 5.26 Å². The predicted octanol–water partition coefficient (Wildman–Crippen LogP) is 3.47. The second-order valence-electron chi connectivity index (χ2n) is 5.56. The molecule has 1 aromatic carbocycles. The Hall–Kier alpha value is -1.33. The van der Waals surface area contributed by atoms with Crippen LogP contribution in [0.4, 0.5) is 0 Å². The second kappa shape index (κ2) is 5.12. The highest BCUT2D eigenvalue weighted by Crippen LogP contribution is 2.35. The van der Waals surface area contributed by atoms with E-state index in [0.29, 0.717) is 0 Å². The van der Waals surface area contributed by atoms with Crippen LogP contribution in [-0.4, -0.2) is 13.2 Å². The maximum atomic E-state index is 9.53. The summed E-state index contributed by atoms with van der Waals surface area (Å²) in [6.45, 7) is 7.87. The summed E-state index contributed by atoms with van der Waals surface area (Å²) in [7, 11) is 0. The highest BCUT2D eigenvalue weighted by atomic mass is 16.5. The van der Waals surface area contributed by atoms with Gasteiger partial charge in [-0.25, -0.2) is 0 Å². The van der Waals surface area contributed by atoms with Crippen LogP contribution < -0.4 is 0 Å². The zero-order valence-electron chi connectivity index (χ0n) is 11.5. The molecule has 18 heavy (non-hydrogen) atoms. The van der Waals surface area contributed by atoms with Crippen LogP contribution in [0.1, 0.15) is 35.1 Å². The predicted molar refractivity (Wildman–Crippen MR) is 72.5 cm³/mol. The lowest BCUT2D eigenvalue weighted by atomic mass is 9.75. The number of rotatable bonds is 2. The molecule has 0 bridgehead atoms. The third-order valence-electron chi connectivity index (χ3n) is 4.04. The van der Waals surface area contributed by atoms with Gasteiger partial charge >= 0.3 is 0 Å². The zero-order chi connectivity index (χ0) is 13.2. The summed E-state index contributed by atoms with van der Waals surface area (Å²) in [5.41, 5.74) is 5.06. The van der Waals surface area contributed by atoms with Crippen LogP contribution in [0.15, 0.2) is 12.1 Å². The average molecular weight is 243 g/mol. The third kappa shape index (κ3) is 2.57. The zero-order valence-corrected chi connectivity index (χ0v) is 11.5. The molecular weight excluding hydrogens is 222 g/mol. The van der Waals surface area contributed by atoms with E-state index in [1.165, 1.54) is 22.3 Å². The topological polar surface area (TPSA) is 33.0 Å². The van der Waals surface area contributed by atoms with Gasteiger partial charge in [0.15, 0.2) is 0 Å². The fraction of sp³-hybridized carbons (Fsp3) is 0.562. The normalized spacial score (nSPS) is 18.3. The number of hydrogen-bond donors (Lipinski definition) is 0. The Bertz CT molecular complexity index is 455. The maximum Gasteiger partial charge on any atom is 0.0695 e. The van der Waals surface area contributed by atoms with Gasteiger partial charge in [0, 0.05) is 13.2 Å². The van der Waals surface area contributed by atoms with Gasteiger partial charge in [-0.05, 0) is 56.7 Å². The SMILES string of the molecule is Cc1cc(C)c(CC2(C#N)CCOCC2)c(C)c1. The van der Waals surface area contributed by atoms with Gasteiger partial charge in [-0.3, -0.25) is 0 Å². The minimum absolute atomic E-state index is 0.219.